The van der Waals surface area contributed by atoms with Crippen molar-refractivity contribution in [3.63, 3.8) is 0 Å². The Balaban J connectivity index is 1.74. The van der Waals surface area contributed by atoms with E-state index in [0.717, 1.165) is 50.2 Å². The average molecular weight is 259 g/mol. The Kier molecular flexibility index (Phi) is 3.16. The molecule has 2 nitrogen and oxygen atoms in total. The van der Waals surface area contributed by atoms with Crippen LogP contribution in [0.25, 0.3) is 0 Å². The molecular weight excluding hydrogens is 237 g/mol. The summed E-state index contributed by atoms with van der Waals surface area (Å²) in [4.78, 5) is 0. The zero-order valence-electron chi connectivity index (χ0n) is 10.3. The van der Waals surface area contributed by atoms with Gasteiger partial charge in [-0.1, -0.05) is 0 Å². The molecule has 0 aromatic rings. The molecule has 98 valence electrons. The van der Waals surface area contributed by atoms with E-state index in [9.17, 15) is 0 Å². The van der Waals surface area contributed by atoms with Gasteiger partial charge in [-0.3, -0.25) is 0 Å². The second-order valence-electron chi connectivity index (χ2n) is 5.93. The van der Waals surface area contributed by atoms with Crippen molar-refractivity contribution >= 4 is 11.8 Å². The smallest absolute Gasteiger partial charge is 0.129 e. The van der Waals surface area contributed by atoms with Crippen LogP contribution in [0, 0.1) is 11.8 Å². The lowest BCUT2D eigenvalue weighted by atomic mass is 9.74. The van der Waals surface area contributed by atoms with Crippen LogP contribution in [-0.4, -0.2) is 35.9 Å². The Morgan fingerprint density at radius 2 is 2.18 bits per heavy atom. The normalized spacial score (nSPS) is 41.6. The lowest BCUT2D eigenvalue weighted by Gasteiger charge is -2.43. The molecule has 2 N–H and O–H groups in total. The van der Waals surface area contributed by atoms with Crippen LogP contribution in [0.4, 0.5) is 4.39 Å². The van der Waals surface area contributed by atoms with Gasteiger partial charge >= 0.3 is 0 Å². The van der Waals surface area contributed by atoms with Gasteiger partial charge in [-0.05, 0) is 49.7 Å². The summed E-state index contributed by atoms with van der Waals surface area (Å²) in [7, 11) is 0. The Morgan fingerprint density at radius 1 is 1.35 bits per heavy atom. The quantitative estimate of drug-likeness (QED) is 0.845. The number of halogens is 1. The van der Waals surface area contributed by atoms with Crippen molar-refractivity contribution in [2.24, 2.45) is 17.6 Å². The number of ether oxygens (including phenoxy) is 1. The Morgan fingerprint density at radius 3 is 2.76 bits per heavy atom. The van der Waals surface area contributed by atoms with Crippen LogP contribution < -0.4 is 5.73 Å². The molecule has 1 spiro atoms. The summed E-state index contributed by atoms with van der Waals surface area (Å²) in [6, 6.07) is 0. The second kappa shape index (κ2) is 4.39. The first-order valence-corrected chi connectivity index (χ1v) is 7.95. The molecule has 0 aromatic heterocycles. The number of rotatable bonds is 3. The third-order valence-electron chi connectivity index (χ3n) is 4.81. The van der Waals surface area contributed by atoms with E-state index in [1.54, 1.807) is 0 Å². The molecule has 0 radical (unpaired) electrons. The summed E-state index contributed by atoms with van der Waals surface area (Å²) < 4.78 is 21.0. The largest absolute Gasteiger partial charge is 0.374 e. The number of nitrogens with two attached hydrogens (primary N) is 1. The summed E-state index contributed by atoms with van der Waals surface area (Å²) in [6.07, 6.45) is 4.92. The molecule has 0 bridgehead atoms. The highest BCUT2D eigenvalue weighted by atomic mass is 32.2. The Labute approximate surface area is 107 Å². The van der Waals surface area contributed by atoms with Gasteiger partial charge < -0.3 is 10.5 Å². The first-order chi connectivity index (χ1) is 8.19. The van der Waals surface area contributed by atoms with Crippen LogP contribution in [0.1, 0.15) is 32.1 Å². The average Bonchev–Trinajstić information content (AvgIpc) is 3.13. The van der Waals surface area contributed by atoms with Gasteiger partial charge in [0.15, 0.2) is 0 Å². The minimum atomic E-state index is -1.11. The highest BCUT2D eigenvalue weighted by Crippen LogP contribution is 2.52. The van der Waals surface area contributed by atoms with E-state index in [1.165, 1.54) is 0 Å². The van der Waals surface area contributed by atoms with Gasteiger partial charge in [0.2, 0.25) is 0 Å². The SMILES string of the molecule is NCC(F)(C1CC1)C1CCOC2(CCSC2)C1. The topological polar surface area (TPSA) is 35.2 Å². The molecule has 4 heteroatoms. The van der Waals surface area contributed by atoms with Crippen LogP contribution >= 0.6 is 11.8 Å². The summed E-state index contributed by atoms with van der Waals surface area (Å²) in [5.74, 6) is 2.58. The molecule has 3 fully saturated rings. The third kappa shape index (κ3) is 2.13. The van der Waals surface area contributed by atoms with Crippen LogP contribution in [0.3, 0.4) is 0 Å². The molecule has 2 heterocycles. The van der Waals surface area contributed by atoms with Gasteiger partial charge in [0.1, 0.15) is 5.67 Å². The summed E-state index contributed by atoms with van der Waals surface area (Å²) in [5.41, 5.74) is 4.62. The van der Waals surface area contributed by atoms with E-state index < -0.39 is 5.67 Å². The molecule has 2 aliphatic heterocycles. The van der Waals surface area contributed by atoms with Crippen molar-refractivity contribution in [2.45, 2.75) is 43.4 Å². The Bertz CT molecular complexity index is 291. The molecular formula is C13H22FNOS. The van der Waals surface area contributed by atoms with Crippen LogP contribution in [-0.2, 0) is 4.74 Å². The fraction of sp³-hybridized carbons (Fsp3) is 1.00. The highest BCUT2D eigenvalue weighted by molar-refractivity contribution is 7.99. The van der Waals surface area contributed by atoms with E-state index in [-0.39, 0.29) is 24.0 Å². The summed E-state index contributed by atoms with van der Waals surface area (Å²) in [5, 5.41) is 0. The van der Waals surface area contributed by atoms with Crippen LogP contribution in [0.15, 0.2) is 0 Å². The molecule has 3 aliphatic rings. The van der Waals surface area contributed by atoms with Gasteiger partial charge in [-0.2, -0.15) is 11.8 Å². The summed E-state index contributed by atoms with van der Waals surface area (Å²) >= 11 is 1.95. The molecule has 3 atom stereocenters. The number of hydrogen-bond acceptors (Lipinski definition) is 3. The van der Waals surface area contributed by atoms with E-state index >= 15 is 4.39 Å². The third-order valence-corrected chi connectivity index (χ3v) is 6.03. The maximum Gasteiger partial charge on any atom is 0.129 e. The van der Waals surface area contributed by atoms with Crippen molar-refractivity contribution in [3.8, 4) is 0 Å². The van der Waals surface area contributed by atoms with E-state index in [2.05, 4.69) is 0 Å². The molecule has 3 rings (SSSR count). The standard InChI is InChI=1S/C13H22FNOS/c14-13(8-15,10-1-2-10)11-3-5-16-12(7-11)4-6-17-9-12/h10-11H,1-9,15H2. The van der Waals surface area contributed by atoms with E-state index in [0.29, 0.717) is 0 Å². The van der Waals surface area contributed by atoms with Gasteiger partial charge in [0.05, 0.1) is 5.60 Å². The maximum atomic E-state index is 15.0. The van der Waals surface area contributed by atoms with Gasteiger partial charge in [-0.25, -0.2) is 4.39 Å². The lowest BCUT2D eigenvalue weighted by Crippen LogP contribution is -2.51. The molecule has 1 aliphatic carbocycles. The molecule has 0 amide bonds. The minimum Gasteiger partial charge on any atom is -0.374 e. The van der Waals surface area contributed by atoms with Crippen molar-refractivity contribution in [3.05, 3.63) is 0 Å². The highest BCUT2D eigenvalue weighted by Gasteiger charge is 2.54. The number of hydrogen-bond donors (Lipinski definition) is 1. The number of thioether (sulfide) groups is 1. The zero-order chi connectivity index (χ0) is 11.9. The van der Waals surface area contributed by atoms with Crippen molar-refractivity contribution in [1.82, 2.24) is 0 Å². The van der Waals surface area contributed by atoms with Crippen LogP contribution in [0.2, 0.25) is 0 Å². The van der Waals surface area contributed by atoms with Gasteiger partial charge in [0.25, 0.3) is 0 Å². The summed E-state index contributed by atoms with van der Waals surface area (Å²) in [6.45, 7) is 0.926. The van der Waals surface area contributed by atoms with Gasteiger partial charge in [-0.15, -0.1) is 0 Å². The fourth-order valence-electron chi connectivity index (χ4n) is 3.53. The maximum absolute atomic E-state index is 15.0. The first-order valence-electron chi connectivity index (χ1n) is 6.79. The zero-order valence-corrected chi connectivity index (χ0v) is 11.1. The fourth-order valence-corrected chi connectivity index (χ4v) is 4.91. The monoisotopic (exact) mass is 259 g/mol. The molecule has 3 unspecified atom stereocenters. The van der Waals surface area contributed by atoms with Gasteiger partial charge in [0, 0.05) is 18.9 Å². The van der Waals surface area contributed by atoms with E-state index in [1.807, 2.05) is 11.8 Å². The molecule has 1 saturated carbocycles. The predicted molar refractivity (Wildman–Crippen MR) is 69.0 cm³/mol. The predicted octanol–water partition coefficient (Wildman–Crippen LogP) is 2.37. The van der Waals surface area contributed by atoms with Crippen molar-refractivity contribution < 1.29 is 9.13 Å². The second-order valence-corrected chi connectivity index (χ2v) is 7.03. The van der Waals surface area contributed by atoms with Crippen LogP contribution in [0.5, 0.6) is 0 Å². The minimum absolute atomic E-state index is 0.0189. The van der Waals surface area contributed by atoms with E-state index in [4.69, 9.17) is 10.5 Å². The lowest BCUT2D eigenvalue weighted by molar-refractivity contribution is -0.113. The molecule has 2 saturated heterocycles. The molecule has 0 aromatic carbocycles. The first kappa shape index (κ1) is 12.2. The van der Waals surface area contributed by atoms with Crippen molar-refractivity contribution in [1.29, 1.82) is 0 Å². The molecule has 17 heavy (non-hydrogen) atoms. The Hall–Kier alpha value is 0.200. The number of alkyl halides is 1. The van der Waals surface area contributed by atoms with Crippen molar-refractivity contribution in [2.75, 3.05) is 24.7 Å².